The van der Waals surface area contributed by atoms with Crippen molar-refractivity contribution in [3.63, 3.8) is 0 Å². The number of nitrogens with zero attached hydrogens (tertiary/aromatic N) is 1. The van der Waals surface area contributed by atoms with Gasteiger partial charge in [-0.1, -0.05) is 0 Å². The molecule has 0 aliphatic carbocycles. The molecule has 6 nitrogen and oxygen atoms in total. The van der Waals surface area contributed by atoms with Crippen molar-refractivity contribution in [2.75, 3.05) is 32.8 Å². The molecule has 7 heteroatoms. The molecule has 126 valence electrons. The van der Waals surface area contributed by atoms with Gasteiger partial charge in [0.15, 0.2) is 5.76 Å². The molecule has 0 N–H and O–H groups in total. The monoisotopic (exact) mass is 329 g/mol. The van der Waals surface area contributed by atoms with Crippen molar-refractivity contribution in [3.8, 4) is 0 Å². The van der Waals surface area contributed by atoms with Crippen molar-refractivity contribution in [2.45, 2.75) is 51.5 Å². The van der Waals surface area contributed by atoms with Crippen molar-refractivity contribution in [3.05, 3.63) is 12.0 Å². The fourth-order valence-electron chi connectivity index (χ4n) is 3.24. The van der Waals surface area contributed by atoms with Gasteiger partial charge in [-0.25, -0.2) is 0 Å². The zero-order valence-corrected chi connectivity index (χ0v) is 14.7. The Morgan fingerprint density at radius 3 is 2.14 bits per heavy atom. The highest BCUT2D eigenvalue weighted by atomic mass is 28.4. The van der Waals surface area contributed by atoms with Crippen molar-refractivity contribution in [1.29, 1.82) is 0 Å². The minimum atomic E-state index is -2.64. The van der Waals surface area contributed by atoms with Gasteiger partial charge < -0.3 is 22.8 Å². The van der Waals surface area contributed by atoms with Crippen molar-refractivity contribution >= 4 is 8.80 Å². The summed E-state index contributed by atoms with van der Waals surface area (Å²) in [6.45, 7) is 10.5. The van der Waals surface area contributed by atoms with E-state index in [9.17, 15) is 0 Å². The maximum atomic E-state index is 6.29. The summed E-state index contributed by atoms with van der Waals surface area (Å²) in [5, 5.41) is 0. The number of hydrogen-bond donors (Lipinski definition) is 0. The Morgan fingerprint density at radius 2 is 1.64 bits per heavy atom. The predicted molar refractivity (Wildman–Crippen MR) is 83.2 cm³/mol. The Kier molecular flexibility index (Phi) is 5.09. The quantitative estimate of drug-likeness (QED) is 0.331. The van der Waals surface area contributed by atoms with Crippen LogP contribution in [0.4, 0.5) is 0 Å². The highest BCUT2D eigenvalue weighted by molar-refractivity contribution is 6.60. The van der Waals surface area contributed by atoms with Crippen LogP contribution in [-0.2, 0) is 22.8 Å². The van der Waals surface area contributed by atoms with Gasteiger partial charge in [-0.3, -0.25) is 4.90 Å². The number of epoxide rings is 1. The second-order valence-corrected chi connectivity index (χ2v) is 9.11. The molecule has 0 amide bonds. The van der Waals surface area contributed by atoms with Gasteiger partial charge in [-0.2, -0.15) is 0 Å². The molecule has 4 aliphatic rings. The second kappa shape index (κ2) is 6.88. The Bertz CT molecular complexity index is 377. The van der Waals surface area contributed by atoms with Crippen LogP contribution in [0.15, 0.2) is 12.0 Å². The molecule has 0 aromatic heterocycles. The standard InChI is InChI=1S/C15H27NO5Si/c1-12-7-16-8-13(2)20-22(19-12,21-14(3)9-16)6-4-5-17-10-15-11-18-15/h10,12-14H,4-9,11H2,1-3H3/b15-10-. The van der Waals surface area contributed by atoms with Crippen LogP contribution in [0, 0.1) is 0 Å². The molecule has 2 bridgehead atoms. The normalized spacial score (nSPS) is 43.1. The lowest BCUT2D eigenvalue weighted by Crippen LogP contribution is -2.61. The Labute approximate surface area is 133 Å². The van der Waals surface area contributed by atoms with Crippen LogP contribution >= 0.6 is 0 Å². The lowest BCUT2D eigenvalue weighted by Gasteiger charge is -2.45. The smallest absolute Gasteiger partial charge is 0.498 e. The molecule has 3 unspecified atom stereocenters. The molecule has 4 fully saturated rings. The summed E-state index contributed by atoms with van der Waals surface area (Å²) >= 11 is 0. The molecular formula is C15H27NO5Si. The van der Waals surface area contributed by atoms with Crippen molar-refractivity contribution < 1.29 is 22.8 Å². The van der Waals surface area contributed by atoms with Gasteiger partial charge in [0.25, 0.3) is 0 Å². The lowest BCUT2D eigenvalue weighted by atomic mass is 10.2. The average Bonchev–Trinajstić information content (AvgIpc) is 3.18. The summed E-state index contributed by atoms with van der Waals surface area (Å²) < 4.78 is 29.3. The second-order valence-electron chi connectivity index (χ2n) is 6.53. The average molecular weight is 329 g/mol. The fraction of sp³-hybridized carbons (Fsp3) is 0.867. The molecular weight excluding hydrogens is 302 g/mol. The van der Waals surface area contributed by atoms with Gasteiger partial charge >= 0.3 is 8.80 Å². The van der Waals surface area contributed by atoms with Gasteiger partial charge in [0.1, 0.15) is 12.9 Å². The molecule has 0 aromatic rings. The molecule has 0 saturated carbocycles. The summed E-state index contributed by atoms with van der Waals surface area (Å²) in [6, 6.07) is 0.802. The maximum absolute atomic E-state index is 6.29. The lowest BCUT2D eigenvalue weighted by molar-refractivity contribution is -0.0794. The van der Waals surface area contributed by atoms with E-state index < -0.39 is 8.80 Å². The van der Waals surface area contributed by atoms with E-state index in [0.717, 1.165) is 37.9 Å². The highest BCUT2D eigenvalue weighted by Crippen LogP contribution is 2.28. The molecule has 4 aliphatic heterocycles. The van der Waals surface area contributed by atoms with Gasteiger partial charge in [0, 0.05) is 25.7 Å². The Morgan fingerprint density at radius 1 is 1.09 bits per heavy atom. The topological polar surface area (TPSA) is 52.7 Å². The van der Waals surface area contributed by atoms with Crippen molar-refractivity contribution in [2.24, 2.45) is 0 Å². The van der Waals surface area contributed by atoms with E-state index in [1.807, 2.05) is 0 Å². The molecule has 0 radical (unpaired) electrons. The minimum absolute atomic E-state index is 0.148. The number of rotatable bonds is 5. The molecule has 4 saturated heterocycles. The van der Waals surface area contributed by atoms with Gasteiger partial charge in [-0.15, -0.1) is 0 Å². The summed E-state index contributed by atoms with van der Waals surface area (Å²) in [4.78, 5) is 2.38. The third-order valence-electron chi connectivity index (χ3n) is 3.96. The van der Waals surface area contributed by atoms with Gasteiger partial charge in [0.2, 0.25) is 0 Å². The van der Waals surface area contributed by atoms with E-state index in [1.165, 1.54) is 0 Å². The first-order valence-corrected chi connectivity index (χ1v) is 10.2. The summed E-state index contributed by atoms with van der Waals surface area (Å²) in [6.07, 6.45) is 3.01. The first kappa shape index (κ1) is 16.3. The van der Waals surface area contributed by atoms with Crippen LogP contribution in [0.5, 0.6) is 0 Å². The molecule has 0 aromatic carbocycles. The Balaban J connectivity index is 1.60. The third kappa shape index (κ3) is 4.45. The van der Waals surface area contributed by atoms with Crippen LogP contribution in [-0.4, -0.2) is 64.9 Å². The Hall–Kier alpha value is -0.603. The number of ether oxygens (including phenoxy) is 2. The molecule has 3 atom stereocenters. The third-order valence-corrected chi connectivity index (χ3v) is 7.21. The van der Waals surface area contributed by atoms with Crippen LogP contribution < -0.4 is 0 Å². The molecule has 4 heterocycles. The zero-order valence-electron chi connectivity index (χ0n) is 13.7. The van der Waals surface area contributed by atoms with E-state index >= 15 is 0 Å². The van der Waals surface area contributed by atoms with Crippen molar-refractivity contribution in [1.82, 2.24) is 4.90 Å². The number of fused-ring (bicyclic) bond motifs is 6. The summed E-state index contributed by atoms with van der Waals surface area (Å²) in [7, 11) is -2.64. The number of hydrogen-bond acceptors (Lipinski definition) is 6. The molecule has 0 spiro atoms. The van der Waals surface area contributed by atoms with E-state index in [2.05, 4.69) is 25.7 Å². The van der Waals surface area contributed by atoms with E-state index in [4.69, 9.17) is 22.8 Å². The van der Waals surface area contributed by atoms with E-state index in [1.54, 1.807) is 6.26 Å². The zero-order chi connectivity index (χ0) is 15.6. The van der Waals surface area contributed by atoms with Crippen LogP contribution in [0.25, 0.3) is 0 Å². The minimum Gasteiger partial charge on any atom is -0.498 e. The van der Waals surface area contributed by atoms with Crippen LogP contribution in [0.3, 0.4) is 0 Å². The molecule has 4 rings (SSSR count). The molecule has 22 heavy (non-hydrogen) atoms. The summed E-state index contributed by atoms with van der Waals surface area (Å²) in [5.74, 6) is 0.923. The van der Waals surface area contributed by atoms with Crippen LogP contribution in [0.2, 0.25) is 6.04 Å². The SMILES string of the molecule is CC1CN2CC(C)O[Si](CCCO/C=C3/CO3)(O1)OC(C)C2. The van der Waals surface area contributed by atoms with E-state index in [-0.39, 0.29) is 18.3 Å². The largest absolute Gasteiger partial charge is 0.501 e. The first-order chi connectivity index (χ1) is 10.5. The van der Waals surface area contributed by atoms with E-state index in [0.29, 0.717) is 13.2 Å². The maximum Gasteiger partial charge on any atom is 0.501 e. The van der Waals surface area contributed by atoms with Gasteiger partial charge in [-0.05, 0) is 27.2 Å². The summed E-state index contributed by atoms with van der Waals surface area (Å²) in [5.41, 5.74) is 0. The van der Waals surface area contributed by atoms with Gasteiger partial charge in [0.05, 0.1) is 24.9 Å². The van der Waals surface area contributed by atoms with Crippen LogP contribution in [0.1, 0.15) is 27.2 Å². The predicted octanol–water partition coefficient (Wildman–Crippen LogP) is 1.75. The first-order valence-electron chi connectivity index (χ1n) is 8.24. The highest BCUT2D eigenvalue weighted by Gasteiger charge is 2.48. The fourth-order valence-corrected chi connectivity index (χ4v) is 6.40.